The molecule has 1 unspecified atom stereocenters. The second kappa shape index (κ2) is 9.91. The van der Waals surface area contributed by atoms with Crippen LogP contribution in [0.15, 0.2) is 60.8 Å². The SMILES string of the molecule is Cc1ccc(C(CNC(=O)/C=C/c2cn(CCC#N)c3ccccc23)N(C)C)cc1. The third kappa shape index (κ3) is 5.16. The quantitative estimate of drug-likeness (QED) is 0.574. The monoisotopic (exact) mass is 400 g/mol. The molecule has 1 N–H and O–H groups in total. The van der Waals surface area contributed by atoms with Crippen LogP contribution >= 0.6 is 0 Å². The summed E-state index contributed by atoms with van der Waals surface area (Å²) in [6, 6.07) is 18.7. The molecule has 0 aliphatic rings. The number of para-hydroxylation sites is 1. The molecule has 0 bridgehead atoms. The van der Waals surface area contributed by atoms with Crippen LogP contribution in [0.4, 0.5) is 0 Å². The molecule has 1 aromatic heterocycles. The van der Waals surface area contributed by atoms with Crippen molar-refractivity contribution in [3.05, 3.63) is 77.5 Å². The number of aryl methyl sites for hydroxylation is 2. The number of carbonyl (C=O) groups is 1. The zero-order chi connectivity index (χ0) is 21.5. The van der Waals surface area contributed by atoms with Crippen LogP contribution in [0.2, 0.25) is 0 Å². The van der Waals surface area contributed by atoms with E-state index in [0.717, 1.165) is 16.5 Å². The number of nitriles is 1. The molecule has 0 aliphatic carbocycles. The van der Waals surface area contributed by atoms with Crippen LogP contribution in [0.25, 0.3) is 17.0 Å². The van der Waals surface area contributed by atoms with Crippen molar-refractivity contribution in [1.29, 1.82) is 5.26 Å². The summed E-state index contributed by atoms with van der Waals surface area (Å²) in [6.07, 6.45) is 5.88. The van der Waals surface area contributed by atoms with Gasteiger partial charge in [0.25, 0.3) is 0 Å². The number of fused-ring (bicyclic) bond motifs is 1. The van der Waals surface area contributed by atoms with Gasteiger partial charge in [-0.3, -0.25) is 4.79 Å². The van der Waals surface area contributed by atoms with E-state index < -0.39 is 0 Å². The van der Waals surface area contributed by atoms with Crippen molar-refractivity contribution in [2.75, 3.05) is 20.6 Å². The van der Waals surface area contributed by atoms with Crippen LogP contribution in [0.1, 0.15) is 29.2 Å². The zero-order valence-electron chi connectivity index (χ0n) is 17.8. The smallest absolute Gasteiger partial charge is 0.244 e. The number of aromatic nitrogens is 1. The van der Waals surface area contributed by atoms with Crippen LogP contribution in [-0.2, 0) is 11.3 Å². The van der Waals surface area contributed by atoms with Gasteiger partial charge in [0.2, 0.25) is 5.91 Å². The first-order valence-electron chi connectivity index (χ1n) is 10.1. The summed E-state index contributed by atoms with van der Waals surface area (Å²) in [5.41, 5.74) is 4.44. The van der Waals surface area contributed by atoms with E-state index in [1.807, 2.05) is 50.6 Å². The number of hydrogen-bond donors (Lipinski definition) is 1. The van der Waals surface area contributed by atoms with E-state index in [-0.39, 0.29) is 11.9 Å². The molecule has 0 saturated heterocycles. The lowest BCUT2D eigenvalue weighted by molar-refractivity contribution is -0.116. The number of benzene rings is 2. The molecule has 0 saturated carbocycles. The number of nitrogens with one attached hydrogen (secondary N) is 1. The van der Waals surface area contributed by atoms with E-state index in [1.165, 1.54) is 11.1 Å². The molecule has 0 spiro atoms. The maximum absolute atomic E-state index is 12.5. The van der Waals surface area contributed by atoms with Crippen LogP contribution in [-0.4, -0.2) is 36.0 Å². The van der Waals surface area contributed by atoms with E-state index in [2.05, 4.69) is 52.0 Å². The van der Waals surface area contributed by atoms with Gasteiger partial charge in [-0.15, -0.1) is 0 Å². The highest BCUT2D eigenvalue weighted by molar-refractivity contribution is 5.96. The van der Waals surface area contributed by atoms with Gasteiger partial charge < -0.3 is 14.8 Å². The van der Waals surface area contributed by atoms with Gasteiger partial charge in [-0.05, 0) is 38.7 Å². The molecule has 0 fully saturated rings. The van der Waals surface area contributed by atoms with E-state index in [4.69, 9.17) is 5.26 Å². The molecule has 0 radical (unpaired) electrons. The minimum atomic E-state index is -0.122. The first-order chi connectivity index (χ1) is 14.5. The van der Waals surface area contributed by atoms with Crippen molar-refractivity contribution < 1.29 is 4.79 Å². The second-order valence-electron chi connectivity index (χ2n) is 7.67. The van der Waals surface area contributed by atoms with Crippen LogP contribution in [0.5, 0.6) is 0 Å². The van der Waals surface area contributed by atoms with Gasteiger partial charge in [0.1, 0.15) is 0 Å². The second-order valence-corrected chi connectivity index (χ2v) is 7.67. The number of likely N-dealkylation sites (N-methyl/N-ethyl adjacent to an activating group) is 1. The van der Waals surface area contributed by atoms with E-state index in [0.29, 0.717) is 19.5 Å². The Balaban J connectivity index is 1.70. The Bertz CT molecular complexity index is 1070. The Hall–Kier alpha value is -3.36. The normalized spacial score (nSPS) is 12.4. The van der Waals surface area contributed by atoms with Crippen LogP contribution in [0.3, 0.4) is 0 Å². The molecule has 154 valence electrons. The van der Waals surface area contributed by atoms with E-state index in [9.17, 15) is 4.79 Å². The van der Waals surface area contributed by atoms with Gasteiger partial charge in [0.15, 0.2) is 0 Å². The third-order valence-electron chi connectivity index (χ3n) is 5.25. The van der Waals surface area contributed by atoms with Crippen molar-refractivity contribution in [3.63, 3.8) is 0 Å². The molecule has 1 amide bonds. The molecule has 1 heterocycles. The summed E-state index contributed by atoms with van der Waals surface area (Å²) in [7, 11) is 4.03. The lowest BCUT2D eigenvalue weighted by Gasteiger charge is -2.25. The molecule has 1 atom stereocenters. The Kier molecular flexibility index (Phi) is 7.05. The summed E-state index contributed by atoms with van der Waals surface area (Å²) in [4.78, 5) is 14.6. The number of rotatable bonds is 8. The lowest BCUT2D eigenvalue weighted by atomic mass is 10.0. The molecule has 5 heteroatoms. The number of amides is 1. The standard InChI is InChI=1S/C25H28N4O/c1-19-9-11-20(12-10-19)24(28(2)3)17-27-25(30)14-13-21-18-29(16-6-15-26)23-8-5-4-7-22(21)23/h4-5,7-14,18,24H,6,16-17H2,1-3H3,(H,27,30)/b14-13+. The minimum absolute atomic E-state index is 0.107. The highest BCUT2D eigenvalue weighted by atomic mass is 16.1. The van der Waals surface area contributed by atoms with E-state index in [1.54, 1.807) is 6.08 Å². The number of nitrogens with zero attached hydrogens (tertiary/aromatic N) is 3. The fourth-order valence-corrected chi connectivity index (χ4v) is 3.57. The maximum atomic E-state index is 12.5. The largest absolute Gasteiger partial charge is 0.351 e. The van der Waals surface area contributed by atoms with Gasteiger partial charge in [0, 0.05) is 41.8 Å². The van der Waals surface area contributed by atoms with Crippen LogP contribution in [0, 0.1) is 18.3 Å². The van der Waals surface area contributed by atoms with Crippen molar-refractivity contribution in [2.45, 2.75) is 25.9 Å². The van der Waals surface area contributed by atoms with Crippen molar-refractivity contribution >= 4 is 22.9 Å². The molecule has 30 heavy (non-hydrogen) atoms. The first-order valence-corrected chi connectivity index (χ1v) is 10.1. The highest BCUT2D eigenvalue weighted by Crippen LogP contribution is 2.23. The summed E-state index contributed by atoms with van der Waals surface area (Å²) < 4.78 is 2.07. The molecular weight excluding hydrogens is 372 g/mol. The molecule has 5 nitrogen and oxygen atoms in total. The van der Waals surface area contributed by atoms with Gasteiger partial charge in [-0.2, -0.15) is 5.26 Å². The molecule has 3 aromatic rings. The Morgan fingerprint density at radius 3 is 2.63 bits per heavy atom. The molecular formula is C25H28N4O. The summed E-state index contributed by atoms with van der Waals surface area (Å²) in [5, 5.41) is 13.0. The van der Waals surface area contributed by atoms with Gasteiger partial charge in [0.05, 0.1) is 18.5 Å². The summed E-state index contributed by atoms with van der Waals surface area (Å²) in [5.74, 6) is -0.122. The predicted octanol–water partition coefficient (Wildman–Crippen LogP) is 4.30. The number of carbonyl (C=O) groups excluding carboxylic acids is 1. The zero-order valence-corrected chi connectivity index (χ0v) is 17.8. The maximum Gasteiger partial charge on any atom is 0.244 e. The van der Waals surface area contributed by atoms with Gasteiger partial charge in [-0.25, -0.2) is 0 Å². The average Bonchev–Trinajstić information content (AvgIpc) is 3.09. The average molecular weight is 401 g/mol. The Labute approximate surface area is 178 Å². The highest BCUT2D eigenvalue weighted by Gasteiger charge is 2.14. The van der Waals surface area contributed by atoms with Crippen LogP contribution < -0.4 is 5.32 Å². The lowest BCUT2D eigenvalue weighted by Crippen LogP contribution is -2.33. The topological polar surface area (TPSA) is 61.1 Å². The van der Waals surface area contributed by atoms with Crippen molar-refractivity contribution in [1.82, 2.24) is 14.8 Å². The third-order valence-corrected chi connectivity index (χ3v) is 5.25. The van der Waals surface area contributed by atoms with Gasteiger partial charge in [-0.1, -0.05) is 48.0 Å². The summed E-state index contributed by atoms with van der Waals surface area (Å²) in [6.45, 7) is 3.24. The van der Waals surface area contributed by atoms with Gasteiger partial charge >= 0.3 is 0 Å². The predicted molar refractivity (Wildman–Crippen MR) is 122 cm³/mol. The molecule has 0 aliphatic heterocycles. The Morgan fingerprint density at radius 2 is 1.93 bits per heavy atom. The molecule has 3 rings (SSSR count). The number of hydrogen-bond acceptors (Lipinski definition) is 3. The van der Waals surface area contributed by atoms with Crippen molar-refractivity contribution in [2.24, 2.45) is 0 Å². The summed E-state index contributed by atoms with van der Waals surface area (Å²) >= 11 is 0. The first kappa shape index (κ1) is 21.4. The fraction of sp³-hybridized carbons (Fsp3) is 0.280. The van der Waals surface area contributed by atoms with Crippen molar-refractivity contribution in [3.8, 4) is 6.07 Å². The van der Waals surface area contributed by atoms with E-state index >= 15 is 0 Å². The fourth-order valence-electron chi connectivity index (χ4n) is 3.57. The molecule has 2 aromatic carbocycles. The Morgan fingerprint density at radius 1 is 1.20 bits per heavy atom. The minimum Gasteiger partial charge on any atom is -0.351 e.